The van der Waals surface area contributed by atoms with Gasteiger partial charge >= 0.3 is 0 Å². The van der Waals surface area contributed by atoms with Crippen molar-refractivity contribution in [2.24, 2.45) is 0 Å². The quantitative estimate of drug-likeness (QED) is 0.817. The molecule has 1 N–H and O–H groups in total. The highest BCUT2D eigenvalue weighted by Gasteiger charge is 2.34. The summed E-state index contributed by atoms with van der Waals surface area (Å²) in [4.78, 5) is 14.2. The molecule has 26 heavy (non-hydrogen) atoms. The van der Waals surface area contributed by atoms with Gasteiger partial charge in [-0.15, -0.1) is 11.8 Å². The second-order valence-corrected chi connectivity index (χ2v) is 8.67. The molecule has 6 nitrogen and oxygen atoms in total. The second-order valence-electron chi connectivity index (χ2n) is 5.85. The molecule has 1 fully saturated rings. The van der Waals surface area contributed by atoms with Crippen LogP contribution >= 0.6 is 11.8 Å². The molecule has 2 aromatic carbocycles. The number of hydrogen-bond acceptors (Lipinski definition) is 5. The van der Waals surface area contributed by atoms with Crippen molar-refractivity contribution in [2.75, 3.05) is 28.2 Å². The molecule has 0 aliphatic carbocycles. The van der Waals surface area contributed by atoms with Crippen molar-refractivity contribution in [1.82, 2.24) is 0 Å². The molecule has 1 aliphatic heterocycles. The summed E-state index contributed by atoms with van der Waals surface area (Å²) in [6, 6.07) is 14.5. The molecule has 3 rings (SSSR count). The lowest BCUT2D eigenvalue weighted by molar-refractivity contribution is -0.115. The Morgan fingerprint density at radius 2 is 1.96 bits per heavy atom. The predicted molar refractivity (Wildman–Crippen MR) is 105 cm³/mol. The van der Waals surface area contributed by atoms with Crippen molar-refractivity contribution in [3.63, 3.8) is 0 Å². The number of nitrogens with zero attached hydrogens (tertiary/aromatic N) is 1. The Morgan fingerprint density at radius 3 is 2.62 bits per heavy atom. The van der Waals surface area contributed by atoms with E-state index in [0.29, 0.717) is 18.0 Å². The number of ether oxygens (including phenoxy) is 1. The third kappa shape index (κ3) is 4.31. The first-order chi connectivity index (χ1) is 12.4. The maximum absolute atomic E-state index is 12.4. The van der Waals surface area contributed by atoms with Crippen LogP contribution in [0.5, 0.6) is 5.75 Å². The fraction of sp³-hybridized carbons (Fsp3) is 0.278. The highest BCUT2D eigenvalue weighted by molar-refractivity contribution is 8.00. The van der Waals surface area contributed by atoms with E-state index >= 15 is 0 Å². The molecule has 0 bridgehead atoms. The van der Waals surface area contributed by atoms with Crippen LogP contribution in [0, 0.1) is 0 Å². The lowest BCUT2D eigenvalue weighted by Gasteiger charge is -2.25. The number of sulfonamides is 1. The van der Waals surface area contributed by atoms with Gasteiger partial charge in [-0.1, -0.05) is 12.1 Å². The predicted octanol–water partition coefficient (Wildman–Crippen LogP) is 3.24. The molecule has 1 saturated heterocycles. The maximum atomic E-state index is 12.4. The van der Waals surface area contributed by atoms with Crippen molar-refractivity contribution in [3.05, 3.63) is 54.1 Å². The topological polar surface area (TPSA) is 75.7 Å². The van der Waals surface area contributed by atoms with E-state index in [1.54, 1.807) is 23.1 Å². The van der Waals surface area contributed by atoms with E-state index in [2.05, 4.69) is 4.72 Å². The van der Waals surface area contributed by atoms with Gasteiger partial charge in [0.15, 0.2) is 0 Å². The van der Waals surface area contributed by atoms with E-state index in [1.165, 1.54) is 11.8 Å². The van der Waals surface area contributed by atoms with Crippen LogP contribution in [0.2, 0.25) is 0 Å². The van der Waals surface area contributed by atoms with E-state index in [4.69, 9.17) is 4.74 Å². The Hall–Kier alpha value is -2.19. The van der Waals surface area contributed by atoms with Crippen molar-refractivity contribution in [3.8, 4) is 5.75 Å². The van der Waals surface area contributed by atoms with E-state index in [9.17, 15) is 13.2 Å². The van der Waals surface area contributed by atoms with Gasteiger partial charge in [-0.05, 0) is 48.9 Å². The largest absolute Gasteiger partial charge is 0.494 e. The monoisotopic (exact) mass is 392 g/mol. The molecule has 1 aliphatic rings. The van der Waals surface area contributed by atoms with E-state index in [0.717, 1.165) is 23.3 Å². The average Bonchev–Trinajstić information content (AvgIpc) is 2.96. The minimum atomic E-state index is -3.36. The fourth-order valence-corrected chi connectivity index (χ4v) is 4.51. The Balaban J connectivity index is 1.89. The van der Waals surface area contributed by atoms with Crippen molar-refractivity contribution in [1.29, 1.82) is 0 Å². The highest BCUT2D eigenvalue weighted by atomic mass is 32.2. The Labute approximate surface area is 157 Å². The van der Waals surface area contributed by atoms with Gasteiger partial charge in [0.25, 0.3) is 0 Å². The molecule has 1 amide bonds. The lowest BCUT2D eigenvalue weighted by Crippen LogP contribution is -2.27. The molecule has 0 unspecified atom stereocenters. The molecule has 138 valence electrons. The third-order valence-corrected chi connectivity index (χ3v) is 5.59. The summed E-state index contributed by atoms with van der Waals surface area (Å²) in [5, 5.41) is -0.207. The summed E-state index contributed by atoms with van der Waals surface area (Å²) in [6.07, 6.45) is 1.11. The summed E-state index contributed by atoms with van der Waals surface area (Å²) in [6.45, 7) is 2.50. The number of hydrogen-bond donors (Lipinski definition) is 1. The molecule has 0 aromatic heterocycles. The maximum Gasteiger partial charge on any atom is 0.238 e. The number of nitrogens with one attached hydrogen (secondary N) is 1. The van der Waals surface area contributed by atoms with Crippen molar-refractivity contribution >= 4 is 39.1 Å². The zero-order chi connectivity index (χ0) is 18.7. The van der Waals surface area contributed by atoms with Gasteiger partial charge in [0, 0.05) is 11.4 Å². The van der Waals surface area contributed by atoms with Crippen LogP contribution in [0.15, 0.2) is 48.5 Å². The Kier molecular flexibility index (Phi) is 5.43. The molecule has 2 aromatic rings. The van der Waals surface area contributed by atoms with E-state index in [1.807, 2.05) is 37.3 Å². The van der Waals surface area contributed by atoms with Crippen LogP contribution in [0.4, 0.5) is 11.4 Å². The van der Waals surface area contributed by atoms with Crippen LogP contribution in [0.1, 0.15) is 17.9 Å². The number of carbonyl (C=O) groups is 1. The smallest absolute Gasteiger partial charge is 0.238 e. The summed E-state index contributed by atoms with van der Waals surface area (Å²) < 4.78 is 30.9. The first kappa shape index (κ1) is 18.6. The van der Waals surface area contributed by atoms with Crippen LogP contribution < -0.4 is 14.4 Å². The van der Waals surface area contributed by atoms with Crippen LogP contribution in [0.3, 0.4) is 0 Å². The minimum Gasteiger partial charge on any atom is -0.494 e. The Bertz CT molecular complexity index is 898. The molecule has 8 heteroatoms. The average molecular weight is 393 g/mol. The summed E-state index contributed by atoms with van der Waals surface area (Å²) in [7, 11) is -3.36. The number of thioether (sulfide) groups is 1. The van der Waals surface area contributed by atoms with Gasteiger partial charge < -0.3 is 4.74 Å². The SMILES string of the molecule is CCOc1ccc(N2C(=O)CS[C@H]2c2cccc(NS(C)(=O)=O)c2)cc1. The summed E-state index contributed by atoms with van der Waals surface area (Å²) >= 11 is 1.52. The molecule has 0 saturated carbocycles. The van der Waals surface area contributed by atoms with Gasteiger partial charge in [0.1, 0.15) is 11.1 Å². The van der Waals surface area contributed by atoms with Crippen LogP contribution in [-0.4, -0.2) is 32.9 Å². The minimum absolute atomic E-state index is 0.0191. The van der Waals surface area contributed by atoms with Gasteiger partial charge in [0.2, 0.25) is 15.9 Å². The van der Waals surface area contributed by atoms with E-state index < -0.39 is 10.0 Å². The number of amides is 1. The molecule has 1 heterocycles. The molecule has 0 spiro atoms. The van der Waals surface area contributed by atoms with Crippen molar-refractivity contribution < 1.29 is 17.9 Å². The molecular formula is C18H20N2O4S2. The number of benzene rings is 2. The molecular weight excluding hydrogens is 372 g/mol. The summed E-state index contributed by atoms with van der Waals surface area (Å²) in [5.41, 5.74) is 2.13. The highest BCUT2D eigenvalue weighted by Crippen LogP contribution is 2.42. The van der Waals surface area contributed by atoms with E-state index in [-0.39, 0.29) is 11.3 Å². The lowest BCUT2D eigenvalue weighted by atomic mass is 10.1. The van der Waals surface area contributed by atoms with Crippen molar-refractivity contribution in [2.45, 2.75) is 12.3 Å². The number of carbonyl (C=O) groups excluding carboxylic acids is 1. The zero-order valence-corrected chi connectivity index (χ0v) is 16.1. The summed E-state index contributed by atoms with van der Waals surface area (Å²) in [5.74, 6) is 1.15. The zero-order valence-electron chi connectivity index (χ0n) is 14.5. The Morgan fingerprint density at radius 1 is 1.23 bits per heavy atom. The van der Waals surface area contributed by atoms with Crippen LogP contribution in [0.25, 0.3) is 0 Å². The second kappa shape index (κ2) is 7.59. The normalized spacial score (nSPS) is 17.4. The fourth-order valence-electron chi connectivity index (χ4n) is 2.79. The van der Waals surface area contributed by atoms with Gasteiger partial charge in [0.05, 0.1) is 18.6 Å². The van der Waals surface area contributed by atoms with Gasteiger partial charge in [-0.25, -0.2) is 8.42 Å². The van der Waals surface area contributed by atoms with Gasteiger partial charge in [-0.3, -0.25) is 14.4 Å². The number of anilines is 2. The first-order valence-electron chi connectivity index (χ1n) is 8.11. The standard InChI is InChI=1S/C18H20N2O4S2/c1-3-24-16-9-7-15(8-10-16)20-17(21)12-25-18(20)13-5-4-6-14(11-13)19-26(2,22)23/h4-11,18-19H,3,12H2,1-2H3/t18-/m0/s1. The number of rotatable bonds is 6. The molecule has 1 atom stereocenters. The first-order valence-corrected chi connectivity index (χ1v) is 11.1. The van der Waals surface area contributed by atoms with Gasteiger partial charge in [-0.2, -0.15) is 0 Å². The third-order valence-electron chi connectivity index (χ3n) is 3.77. The molecule has 0 radical (unpaired) electrons. The van der Waals surface area contributed by atoms with Crippen LogP contribution in [-0.2, 0) is 14.8 Å².